The molecule has 0 aromatic carbocycles. The Balaban J connectivity index is 1.64. The van der Waals surface area contributed by atoms with Crippen molar-refractivity contribution in [3.05, 3.63) is 0 Å². The highest BCUT2D eigenvalue weighted by Gasteiger charge is 2.38. The van der Waals surface area contributed by atoms with Crippen LogP contribution in [0.25, 0.3) is 0 Å². The van der Waals surface area contributed by atoms with E-state index < -0.39 is 18.3 Å². The Labute approximate surface area is 165 Å². The van der Waals surface area contributed by atoms with Crippen molar-refractivity contribution in [2.24, 2.45) is 16.3 Å². The zero-order valence-electron chi connectivity index (χ0n) is 17.0. The maximum atomic E-state index is 13.7. The van der Waals surface area contributed by atoms with Crippen molar-refractivity contribution in [3.63, 3.8) is 0 Å². The third-order valence-electron chi connectivity index (χ3n) is 5.60. The van der Waals surface area contributed by atoms with Gasteiger partial charge in [0.05, 0.1) is 6.04 Å². The maximum absolute atomic E-state index is 13.7. The number of guanidine groups is 1. The lowest BCUT2D eigenvalue weighted by Crippen LogP contribution is -2.59. The van der Waals surface area contributed by atoms with Gasteiger partial charge in [0, 0.05) is 18.5 Å². The number of hydrazine groups is 1. The summed E-state index contributed by atoms with van der Waals surface area (Å²) in [5.41, 5.74) is 6.47. The van der Waals surface area contributed by atoms with Gasteiger partial charge in [0.25, 0.3) is 0 Å². The van der Waals surface area contributed by atoms with Crippen LogP contribution in [0.4, 0.5) is 8.78 Å². The topological polar surface area (TPSA) is 89.6 Å². The summed E-state index contributed by atoms with van der Waals surface area (Å²) < 4.78 is 27.1. The predicted molar refractivity (Wildman–Crippen MR) is 105 cm³/mol. The smallest absolute Gasteiger partial charge is 0.229 e. The van der Waals surface area contributed by atoms with Gasteiger partial charge in [-0.25, -0.2) is 14.2 Å². The number of alkyl halides is 2. The average molecular weight is 401 g/mol. The summed E-state index contributed by atoms with van der Waals surface area (Å²) in [5.74, 6) is -0.447. The molecule has 0 spiro atoms. The normalized spacial score (nSPS) is 36.7. The molecule has 3 rings (SSSR count). The molecule has 2 heterocycles. The Hall–Kier alpha value is -1.32. The van der Waals surface area contributed by atoms with Gasteiger partial charge in [-0.3, -0.25) is 20.5 Å². The van der Waals surface area contributed by atoms with Crippen molar-refractivity contribution in [3.8, 4) is 0 Å². The second-order valence-electron chi connectivity index (χ2n) is 9.40. The fourth-order valence-electron chi connectivity index (χ4n) is 3.96. The summed E-state index contributed by atoms with van der Waals surface area (Å²) in [4.78, 5) is 17.2. The van der Waals surface area contributed by atoms with Gasteiger partial charge >= 0.3 is 0 Å². The van der Waals surface area contributed by atoms with E-state index in [0.717, 1.165) is 19.4 Å². The molecule has 2 aliphatic heterocycles. The number of carbonyl (C=O) groups excluding carboxylic acids is 1. The Morgan fingerprint density at radius 3 is 2.64 bits per heavy atom. The first-order chi connectivity index (χ1) is 13.2. The van der Waals surface area contributed by atoms with Gasteiger partial charge in [-0.2, -0.15) is 0 Å². The highest BCUT2D eigenvalue weighted by molar-refractivity contribution is 5.98. The van der Waals surface area contributed by atoms with Crippen LogP contribution in [0.1, 0.15) is 52.9 Å². The van der Waals surface area contributed by atoms with E-state index in [1.54, 1.807) is 0 Å². The predicted octanol–water partition coefficient (Wildman–Crippen LogP) is 1.13. The fourth-order valence-corrected chi connectivity index (χ4v) is 3.96. The molecule has 1 amide bonds. The SMILES string of the molecule is CC(C)(C)CN=C(NC(=O)C1CCC(F)C(F)C1)NC1NNC2CCCNC21. The summed E-state index contributed by atoms with van der Waals surface area (Å²) in [6, 6.07) is 0.501. The second kappa shape index (κ2) is 9.00. The Morgan fingerprint density at radius 1 is 1.14 bits per heavy atom. The lowest BCUT2D eigenvalue weighted by molar-refractivity contribution is -0.125. The summed E-state index contributed by atoms with van der Waals surface area (Å²) in [6.07, 6.45) is -0.590. The van der Waals surface area contributed by atoms with Crippen molar-refractivity contribution in [2.75, 3.05) is 13.1 Å². The first-order valence-corrected chi connectivity index (χ1v) is 10.4. The van der Waals surface area contributed by atoms with E-state index in [4.69, 9.17) is 0 Å². The molecular weight excluding hydrogens is 366 g/mol. The first-order valence-electron chi connectivity index (χ1n) is 10.4. The quantitative estimate of drug-likeness (QED) is 0.362. The molecule has 2 saturated heterocycles. The fraction of sp³-hybridized carbons (Fsp3) is 0.895. The van der Waals surface area contributed by atoms with E-state index in [0.29, 0.717) is 25.0 Å². The molecule has 0 aromatic rings. The number of rotatable bonds is 3. The van der Waals surface area contributed by atoms with Crippen LogP contribution in [0.15, 0.2) is 4.99 Å². The van der Waals surface area contributed by atoms with Crippen molar-refractivity contribution in [2.45, 2.75) is 83.5 Å². The lowest BCUT2D eigenvalue weighted by Gasteiger charge is -2.30. The zero-order chi connectivity index (χ0) is 20.3. The number of amides is 1. The monoisotopic (exact) mass is 400 g/mol. The van der Waals surface area contributed by atoms with Gasteiger partial charge in [0.1, 0.15) is 18.5 Å². The Kier molecular flexibility index (Phi) is 6.88. The Morgan fingerprint density at radius 2 is 1.93 bits per heavy atom. The van der Waals surface area contributed by atoms with Gasteiger partial charge in [-0.1, -0.05) is 20.8 Å². The molecule has 0 radical (unpaired) electrons. The molecule has 6 atom stereocenters. The van der Waals surface area contributed by atoms with Crippen LogP contribution in [-0.4, -0.2) is 55.5 Å². The molecule has 9 heteroatoms. The number of fused-ring (bicyclic) bond motifs is 1. The number of aliphatic imine (C=N–C) groups is 1. The third-order valence-corrected chi connectivity index (χ3v) is 5.60. The van der Waals surface area contributed by atoms with E-state index in [1.165, 1.54) is 0 Å². The zero-order valence-corrected chi connectivity index (χ0v) is 17.0. The number of piperidine rings is 1. The van der Waals surface area contributed by atoms with Crippen LogP contribution in [0.2, 0.25) is 0 Å². The molecule has 7 nitrogen and oxygen atoms in total. The number of hydrogen-bond acceptors (Lipinski definition) is 5. The second-order valence-corrected chi connectivity index (χ2v) is 9.40. The van der Waals surface area contributed by atoms with Crippen molar-refractivity contribution in [1.82, 2.24) is 26.8 Å². The van der Waals surface area contributed by atoms with E-state index in [2.05, 4.69) is 52.6 Å². The summed E-state index contributed by atoms with van der Waals surface area (Å²) >= 11 is 0. The molecule has 1 aliphatic carbocycles. The van der Waals surface area contributed by atoms with E-state index in [1.807, 2.05) is 0 Å². The standard InChI is InChI=1S/C19H34F2N6O/c1-19(2,3)10-23-18(24-16-15-14(26-27-16)5-4-8-22-15)25-17(28)11-6-7-12(20)13(21)9-11/h11-16,22,26-27H,4-10H2,1-3H3,(H2,23,24,25,28). The van der Waals surface area contributed by atoms with Gasteiger partial charge in [0.2, 0.25) is 5.91 Å². The summed E-state index contributed by atoms with van der Waals surface area (Å²) in [6.45, 7) is 7.69. The van der Waals surface area contributed by atoms with Crippen LogP contribution in [-0.2, 0) is 4.79 Å². The molecular formula is C19H34F2N6O. The van der Waals surface area contributed by atoms with Gasteiger partial charge < -0.3 is 10.6 Å². The summed E-state index contributed by atoms with van der Waals surface area (Å²) in [5, 5.41) is 9.61. The van der Waals surface area contributed by atoms with Crippen molar-refractivity contribution in [1.29, 1.82) is 0 Å². The van der Waals surface area contributed by atoms with Crippen LogP contribution >= 0.6 is 0 Å². The van der Waals surface area contributed by atoms with Crippen LogP contribution in [0.5, 0.6) is 0 Å². The molecule has 5 N–H and O–H groups in total. The molecule has 28 heavy (non-hydrogen) atoms. The third kappa shape index (κ3) is 5.61. The highest BCUT2D eigenvalue weighted by atomic mass is 19.2. The van der Waals surface area contributed by atoms with E-state index in [9.17, 15) is 13.6 Å². The highest BCUT2D eigenvalue weighted by Crippen LogP contribution is 2.29. The number of nitrogens with zero attached hydrogens (tertiary/aromatic N) is 1. The van der Waals surface area contributed by atoms with Crippen LogP contribution in [0, 0.1) is 11.3 Å². The minimum absolute atomic E-state index is 0.0407. The first kappa shape index (κ1) is 21.4. The molecule has 3 aliphatic rings. The average Bonchev–Trinajstić information content (AvgIpc) is 3.04. The van der Waals surface area contributed by atoms with E-state index in [-0.39, 0.29) is 36.4 Å². The summed E-state index contributed by atoms with van der Waals surface area (Å²) in [7, 11) is 0. The number of halogens is 2. The minimum atomic E-state index is -1.57. The van der Waals surface area contributed by atoms with Crippen molar-refractivity contribution >= 4 is 11.9 Å². The molecule has 0 aromatic heterocycles. The maximum Gasteiger partial charge on any atom is 0.229 e. The largest absolute Gasteiger partial charge is 0.338 e. The molecule has 0 bridgehead atoms. The van der Waals surface area contributed by atoms with E-state index >= 15 is 0 Å². The lowest BCUT2D eigenvalue weighted by atomic mass is 9.86. The van der Waals surface area contributed by atoms with Gasteiger partial charge in [-0.05, 0) is 44.1 Å². The molecule has 160 valence electrons. The molecule has 6 unspecified atom stereocenters. The van der Waals surface area contributed by atoms with Gasteiger partial charge in [-0.15, -0.1) is 0 Å². The van der Waals surface area contributed by atoms with Crippen molar-refractivity contribution < 1.29 is 13.6 Å². The Bertz CT molecular complexity index is 581. The molecule has 3 fully saturated rings. The minimum Gasteiger partial charge on any atom is -0.338 e. The van der Waals surface area contributed by atoms with Crippen LogP contribution in [0.3, 0.4) is 0 Å². The number of carbonyl (C=O) groups is 1. The number of hydrogen-bond donors (Lipinski definition) is 5. The van der Waals surface area contributed by atoms with Gasteiger partial charge in [0.15, 0.2) is 5.96 Å². The van der Waals surface area contributed by atoms with Crippen LogP contribution < -0.4 is 26.8 Å². The number of nitrogens with one attached hydrogen (secondary N) is 5. The molecule has 1 saturated carbocycles.